The predicted octanol–water partition coefficient (Wildman–Crippen LogP) is 6.96. The highest BCUT2D eigenvalue weighted by molar-refractivity contribution is 6.34. The summed E-state index contributed by atoms with van der Waals surface area (Å²) >= 11 is 6.42. The Balaban J connectivity index is 1.44. The van der Waals surface area contributed by atoms with Crippen LogP contribution in [-0.4, -0.2) is 59.0 Å². The molecular formula is C31H30ClF3N6O2. The molecule has 0 aliphatic carbocycles. The highest BCUT2D eigenvalue weighted by Gasteiger charge is 2.34. The molecule has 0 unspecified atom stereocenters. The van der Waals surface area contributed by atoms with Crippen LogP contribution in [-0.2, 0) is 12.6 Å². The van der Waals surface area contributed by atoms with Crippen LogP contribution in [0.1, 0.15) is 35.1 Å². The topological polar surface area (TPSA) is 83.5 Å². The van der Waals surface area contributed by atoms with Gasteiger partial charge in [-0.25, -0.2) is 15.0 Å². The normalized spacial score (nSPS) is 15.2. The minimum Gasteiger partial charge on any atom is -0.438 e. The Bertz CT molecular complexity index is 1630. The van der Waals surface area contributed by atoms with Crippen molar-refractivity contribution in [1.29, 1.82) is 0 Å². The number of carbonyl (C=O) groups excluding carboxylic acids is 1. The van der Waals surface area contributed by atoms with Crippen LogP contribution in [0.5, 0.6) is 11.6 Å². The minimum absolute atomic E-state index is 0.0980. The van der Waals surface area contributed by atoms with Crippen molar-refractivity contribution in [3.63, 3.8) is 0 Å². The summed E-state index contributed by atoms with van der Waals surface area (Å²) < 4.78 is 47.0. The van der Waals surface area contributed by atoms with Gasteiger partial charge in [0.2, 0.25) is 5.88 Å². The lowest BCUT2D eigenvalue weighted by Gasteiger charge is -2.24. The fourth-order valence-electron chi connectivity index (χ4n) is 4.90. The van der Waals surface area contributed by atoms with Crippen molar-refractivity contribution in [3.8, 4) is 22.9 Å². The van der Waals surface area contributed by atoms with Crippen molar-refractivity contribution in [2.45, 2.75) is 32.0 Å². The van der Waals surface area contributed by atoms with Crippen molar-refractivity contribution in [3.05, 3.63) is 89.0 Å². The number of nitrogens with zero attached hydrogens (tertiary/aromatic N) is 5. The molecule has 1 N–H and O–H groups in total. The molecule has 0 radical (unpaired) electrons. The van der Waals surface area contributed by atoms with Gasteiger partial charge in [-0.1, -0.05) is 18.5 Å². The number of aromatic nitrogens is 3. The zero-order valence-electron chi connectivity index (χ0n) is 23.8. The highest BCUT2D eigenvalue weighted by Crippen LogP contribution is 2.37. The quantitative estimate of drug-likeness (QED) is 0.231. The molecule has 5 rings (SSSR count). The van der Waals surface area contributed by atoms with Gasteiger partial charge in [-0.3, -0.25) is 4.79 Å². The molecule has 0 spiro atoms. The number of rotatable bonds is 8. The molecule has 224 valence electrons. The molecule has 1 fully saturated rings. The smallest absolute Gasteiger partial charge is 0.416 e. The first-order chi connectivity index (χ1) is 20.5. The van der Waals surface area contributed by atoms with Gasteiger partial charge in [0, 0.05) is 49.7 Å². The van der Waals surface area contributed by atoms with E-state index in [0.29, 0.717) is 48.0 Å². The molecule has 12 heteroatoms. The van der Waals surface area contributed by atoms with Gasteiger partial charge in [-0.15, -0.1) is 0 Å². The van der Waals surface area contributed by atoms with Crippen LogP contribution >= 0.6 is 11.6 Å². The second kappa shape index (κ2) is 12.6. The second-order valence-corrected chi connectivity index (χ2v) is 10.8. The third-order valence-electron chi connectivity index (χ3n) is 7.27. The van der Waals surface area contributed by atoms with Crippen LogP contribution in [0, 0.1) is 0 Å². The number of anilines is 2. The van der Waals surface area contributed by atoms with E-state index in [1.165, 1.54) is 18.2 Å². The fraction of sp³-hybridized carbons (Fsp3) is 0.290. The third kappa shape index (κ3) is 6.89. The molecule has 3 heterocycles. The van der Waals surface area contributed by atoms with Gasteiger partial charge in [-0.2, -0.15) is 13.2 Å². The lowest BCUT2D eigenvalue weighted by Crippen LogP contribution is -2.32. The molecule has 1 amide bonds. The molecule has 1 aliphatic heterocycles. The summed E-state index contributed by atoms with van der Waals surface area (Å²) in [6.45, 7) is 3.15. The van der Waals surface area contributed by atoms with Crippen LogP contribution in [0.4, 0.5) is 24.5 Å². The average molecular weight is 611 g/mol. The van der Waals surface area contributed by atoms with E-state index in [4.69, 9.17) is 16.3 Å². The first kappa shape index (κ1) is 30.2. The number of amides is 1. The molecule has 2 aromatic heterocycles. The monoisotopic (exact) mass is 610 g/mol. The standard InChI is InChI=1S/C31H30ClF3N6O2/c1-4-28-36-14-11-25(38-28)22-6-5-13-37-30(22)43-21-8-9-24(32)26(17-21)39-29(42)23-16-19(31(33,34)35)7-10-27(23)41-15-12-20(18-41)40(2)3/h5-11,13-14,16-17,20H,4,12,15,18H2,1-3H3,(H,39,42)/t20-/m0/s1. The molecule has 1 aliphatic rings. The summed E-state index contributed by atoms with van der Waals surface area (Å²) in [5.41, 5.74) is 0.856. The molecule has 2 aromatic carbocycles. The number of hydrogen-bond acceptors (Lipinski definition) is 7. The summed E-state index contributed by atoms with van der Waals surface area (Å²) in [4.78, 5) is 30.7. The van der Waals surface area contributed by atoms with E-state index in [-0.39, 0.29) is 28.2 Å². The van der Waals surface area contributed by atoms with Crippen LogP contribution in [0.15, 0.2) is 67.0 Å². The van der Waals surface area contributed by atoms with Crippen LogP contribution in [0.3, 0.4) is 0 Å². The molecule has 8 nitrogen and oxygen atoms in total. The number of carbonyl (C=O) groups is 1. The number of likely N-dealkylation sites (N-methyl/N-ethyl adjacent to an activating group) is 1. The molecule has 0 bridgehead atoms. The summed E-state index contributed by atoms with van der Waals surface area (Å²) in [6.07, 6.45) is 0.112. The van der Waals surface area contributed by atoms with E-state index in [1.807, 2.05) is 32.0 Å². The Morgan fingerprint density at radius 1 is 1.12 bits per heavy atom. The molecule has 43 heavy (non-hydrogen) atoms. The van der Waals surface area contributed by atoms with E-state index >= 15 is 0 Å². The van der Waals surface area contributed by atoms with Gasteiger partial charge in [-0.05, 0) is 69.0 Å². The Labute approximate surface area is 252 Å². The molecular weight excluding hydrogens is 581 g/mol. The number of alkyl halides is 3. The zero-order chi connectivity index (χ0) is 30.7. The third-order valence-corrected chi connectivity index (χ3v) is 7.60. The molecule has 4 aromatic rings. The Hall–Kier alpha value is -4.22. The summed E-state index contributed by atoms with van der Waals surface area (Å²) in [6, 6.07) is 13.4. The van der Waals surface area contributed by atoms with Gasteiger partial charge in [0.25, 0.3) is 5.91 Å². The number of ether oxygens (including phenoxy) is 1. The first-order valence-corrected chi connectivity index (χ1v) is 14.1. The number of pyridine rings is 1. The van der Waals surface area contributed by atoms with Crippen LogP contribution in [0.25, 0.3) is 11.3 Å². The van der Waals surface area contributed by atoms with Gasteiger partial charge in [0.05, 0.1) is 33.1 Å². The SMILES string of the molecule is CCc1nccc(-c2cccnc2Oc2ccc(Cl)c(NC(=O)c3cc(C(F)(F)F)ccc3N3CC[C@H](N(C)C)C3)c2)n1. The maximum Gasteiger partial charge on any atom is 0.416 e. The van der Waals surface area contributed by atoms with E-state index in [2.05, 4.69) is 25.2 Å². The van der Waals surface area contributed by atoms with E-state index in [1.54, 1.807) is 30.6 Å². The highest BCUT2D eigenvalue weighted by atomic mass is 35.5. The molecule has 1 atom stereocenters. The Morgan fingerprint density at radius 2 is 1.93 bits per heavy atom. The van der Waals surface area contributed by atoms with Gasteiger partial charge in [0.1, 0.15) is 11.6 Å². The van der Waals surface area contributed by atoms with Crippen molar-refractivity contribution in [2.24, 2.45) is 0 Å². The minimum atomic E-state index is -4.61. The van der Waals surface area contributed by atoms with Crippen molar-refractivity contribution >= 4 is 28.9 Å². The molecule has 1 saturated heterocycles. The maximum absolute atomic E-state index is 13.7. The average Bonchev–Trinajstić information content (AvgIpc) is 3.49. The number of halogens is 4. The molecule has 0 saturated carbocycles. The van der Waals surface area contributed by atoms with Gasteiger partial charge < -0.3 is 19.9 Å². The summed E-state index contributed by atoms with van der Waals surface area (Å²) in [7, 11) is 3.91. The van der Waals surface area contributed by atoms with Gasteiger partial charge >= 0.3 is 6.18 Å². The zero-order valence-corrected chi connectivity index (χ0v) is 24.6. The summed E-state index contributed by atoms with van der Waals surface area (Å²) in [5, 5.41) is 2.88. The number of benzene rings is 2. The Morgan fingerprint density at radius 3 is 2.65 bits per heavy atom. The first-order valence-electron chi connectivity index (χ1n) is 13.7. The lowest BCUT2D eigenvalue weighted by atomic mass is 10.1. The van der Waals surface area contributed by atoms with Gasteiger partial charge in [0.15, 0.2) is 0 Å². The van der Waals surface area contributed by atoms with Crippen molar-refractivity contribution in [1.82, 2.24) is 19.9 Å². The van der Waals surface area contributed by atoms with E-state index in [9.17, 15) is 18.0 Å². The Kier molecular flexibility index (Phi) is 8.84. The number of aryl methyl sites for hydroxylation is 1. The van der Waals surface area contributed by atoms with E-state index in [0.717, 1.165) is 18.6 Å². The second-order valence-electron chi connectivity index (χ2n) is 10.3. The number of nitrogens with one attached hydrogen (secondary N) is 1. The number of hydrogen-bond donors (Lipinski definition) is 1. The van der Waals surface area contributed by atoms with Crippen molar-refractivity contribution < 1.29 is 22.7 Å². The van der Waals surface area contributed by atoms with Crippen LogP contribution in [0.2, 0.25) is 5.02 Å². The van der Waals surface area contributed by atoms with Crippen LogP contribution < -0.4 is 15.0 Å². The summed E-state index contributed by atoms with van der Waals surface area (Å²) in [5.74, 6) is 0.526. The lowest BCUT2D eigenvalue weighted by molar-refractivity contribution is -0.137. The fourth-order valence-corrected chi connectivity index (χ4v) is 5.07. The van der Waals surface area contributed by atoms with Crippen molar-refractivity contribution in [2.75, 3.05) is 37.4 Å². The maximum atomic E-state index is 13.7. The van der Waals surface area contributed by atoms with E-state index < -0.39 is 17.6 Å². The predicted molar refractivity (Wildman–Crippen MR) is 160 cm³/mol. The largest absolute Gasteiger partial charge is 0.438 e.